The lowest BCUT2D eigenvalue weighted by Gasteiger charge is -2.21. The number of hydrogen-bond donors (Lipinski definition) is 3. The number of carbonyl (C=O) groups excluding carboxylic acids is 2. The van der Waals surface area contributed by atoms with E-state index in [1.165, 1.54) is 26.3 Å². The summed E-state index contributed by atoms with van der Waals surface area (Å²) in [6.45, 7) is -0.578. The van der Waals surface area contributed by atoms with Crippen LogP contribution in [0.2, 0.25) is 0 Å². The predicted octanol–water partition coefficient (Wildman–Crippen LogP) is -0.497. The third kappa shape index (κ3) is 3.67. The highest BCUT2D eigenvalue weighted by Crippen LogP contribution is 2.15. The maximum absolute atomic E-state index is 11.9. The number of benzene rings is 1. The van der Waals surface area contributed by atoms with Gasteiger partial charge in [0.15, 0.2) is 0 Å². The SMILES string of the molecule is CON(C)C(=O)[C@@H](CO)NC(=O)c1ccccc1O. The van der Waals surface area contributed by atoms with Crippen LogP contribution in [0.5, 0.6) is 5.75 Å². The number of aliphatic hydroxyl groups excluding tert-OH is 1. The van der Waals surface area contributed by atoms with Crippen LogP contribution in [0.25, 0.3) is 0 Å². The maximum atomic E-state index is 11.9. The van der Waals surface area contributed by atoms with E-state index < -0.39 is 24.5 Å². The second-order valence-corrected chi connectivity index (χ2v) is 3.74. The van der Waals surface area contributed by atoms with E-state index in [0.717, 1.165) is 5.06 Å². The molecule has 0 bridgehead atoms. The number of nitrogens with zero attached hydrogens (tertiary/aromatic N) is 1. The topological polar surface area (TPSA) is 99.1 Å². The van der Waals surface area contributed by atoms with Crippen molar-refractivity contribution < 1.29 is 24.6 Å². The summed E-state index contributed by atoms with van der Waals surface area (Å²) in [5.74, 6) is -1.46. The molecular weight excluding hydrogens is 252 g/mol. The highest BCUT2D eigenvalue weighted by atomic mass is 16.7. The van der Waals surface area contributed by atoms with E-state index in [1.54, 1.807) is 12.1 Å². The Morgan fingerprint density at radius 1 is 1.42 bits per heavy atom. The molecule has 0 spiro atoms. The quantitative estimate of drug-likeness (QED) is 0.625. The Morgan fingerprint density at radius 2 is 2.05 bits per heavy atom. The minimum atomic E-state index is -1.14. The monoisotopic (exact) mass is 268 g/mol. The summed E-state index contributed by atoms with van der Waals surface area (Å²) >= 11 is 0. The van der Waals surface area contributed by atoms with Gasteiger partial charge in [-0.1, -0.05) is 12.1 Å². The first kappa shape index (κ1) is 14.9. The number of aromatic hydroxyl groups is 1. The number of hydroxylamine groups is 2. The van der Waals surface area contributed by atoms with Gasteiger partial charge in [0.2, 0.25) is 0 Å². The van der Waals surface area contributed by atoms with Crippen LogP contribution in [0.15, 0.2) is 24.3 Å². The van der Waals surface area contributed by atoms with Gasteiger partial charge in [-0.2, -0.15) is 0 Å². The normalized spacial score (nSPS) is 11.7. The lowest BCUT2D eigenvalue weighted by molar-refractivity contribution is -0.171. The van der Waals surface area contributed by atoms with Gasteiger partial charge in [-0.3, -0.25) is 14.4 Å². The minimum Gasteiger partial charge on any atom is -0.507 e. The summed E-state index contributed by atoms with van der Waals surface area (Å²) in [4.78, 5) is 28.3. The van der Waals surface area contributed by atoms with Crippen molar-refractivity contribution in [3.05, 3.63) is 29.8 Å². The Bertz CT molecular complexity index is 463. The van der Waals surface area contributed by atoms with Gasteiger partial charge in [0.1, 0.15) is 11.8 Å². The molecule has 104 valence electrons. The molecule has 1 rings (SSSR count). The van der Waals surface area contributed by atoms with Gasteiger partial charge in [-0.05, 0) is 12.1 Å². The molecule has 0 aliphatic carbocycles. The van der Waals surface area contributed by atoms with Gasteiger partial charge in [0.05, 0.1) is 19.3 Å². The van der Waals surface area contributed by atoms with E-state index in [-0.39, 0.29) is 11.3 Å². The van der Waals surface area contributed by atoms with Crippen LogP contribution >= 0.6 is 0 Å². The standard InChI is InChI=1S/C12H16N2O5/c1-14(19-2)12(18)9(7-15)13-11(17)8-5-3-4-6-10(8)16/h3-6,9,15-16H,7H2,1-2H3,(H,13,17)/t9-/m1/s1. The molecule has 2 amide bonds. The molecule has 3 N–H and O–H groups in total. The van der Waals surface area contributed by atoms with E-state index in [4.69, 9.17) is 5.11 Å². The fourth-order valence-electron chi connectivity index (χ4n) is 1.40. The van der Waals surface area contributed by atoms with E-state index in [0.29, 0.717) is 0 Å². The van der Waals surface area contributed by atoms with Crippen molar-refractivity contribution in [1.82, 2.24) is 10.4 Å². The van der Waals surface area contributed by atoms with Crippen LogP contribution in [0.3, 0.4) is 0 Å². The Hall–Kier alpha value is -2.12. The zero-order chi connectivity index (χ0) is 14.4. The van der Waals surface area contributed by atoms with Gasteiger partial charge in [-0.25, -0.2) is 5.06 Å². The Morgan fingerprint density at radius 3 is 2.58 bits per heavy atom. The van der Waals surface area contributed by atoms with E-state index in [9.17, 15) is 14.7 Å². The number of phenolic OH excluding ortho intramolecular Hbond substituents is 1. The van der Waals surface area contributed by atoms with E-state index in [2.05, 4.69) is 10.2 Å². The van der Waals surface area contributed by atoms with Crippen LogP contribution in [-0.4, -0.2) is 53.9 Å². The first-order valence-electron chi connectivity index (χ1n) is 5.52. The zero-order valence-corrected chi connectivity index (χ0v) is 10.7. The number of carbonyl (C=O) groups is 2. The lowest BCUT2D eigenvalue weighted by atomic mass is 10.1. The number of nitrogens with one attached hydrogen (secondary N) is 1. The molecule has 7 nitrogen and oxygen atoms in total. The number of para-hydroxylation sites is 1. The third-order valence-corrected chi connectivity index (χ3v) is 2.52. The molecule has 0 heterocycles. The van der Waals surface area contributed by atoms with Crippen molar-refractivity contribution in [1.29, 1.82) is 0 Å². The van der Waals surface area contributed by atoms with Gasteiger partial charge >= 0.3 is 0 Å². The molecule has 0 saturated heterocycles. The largest absolute Gasteiger partial charge is 0.507 e. The summed E-state index contributed by atoms with van der Waals surface area (Å²) < 4.78 is 0. The van der Waals surface area contributed by atoms with Gasteiger partial charge in [-0.15, -0.1) is 0 Å². The van der Waals surface area contributed by atoms with Crippen molar-refractivity contribution in [2.24, 2.45) is 0 Å². The summed E-state index contributed by atoms with van der Waals surface area (Å²) in [5.41, 5.74) is 0.0221. The summed E-state index contributed by atoms with van der Waals surface area (Å²) in [7, 11) is 2.65. The van der Waals surface area contributed by atoms with Crippen LogP contribution in [0.1, 0.15) is 10.4 Å². The van der Waals surface area contributed by atoms with Crippen molar-refractivity contribution in [3.8, 4) is 5.75 Å². The lowest BCUT2D eigenvalue weighted by Crippen LogP contribution is -2.49. The summed E-state index contributed by atoms with van der Waals surface area (Å²) in [6, 6.07) is 4.76. The first-order chi connectivity index (χ1) is 9.01. The highest BCUT2D eigenvalue weighted by molar-refractivity contribution is 5.99. The Labute approximate surface area is 110 Å². The molecule has 0 radical (unpaired) electrons. The number of amides is 2. The van der Waals surface area contributed by atoms with Crippen LogP contribution in [-0.2, 0) is 9.63 Å². The van der Waals surface area contributed by atoms with E-state index in [1.807, 2.05) is 0 Å². The number of rotatable bonds is 5. The third-order valence-electron chi connectivity index (χ3n) is 2.52. The second kappa shape index (κ2) is 6.72. The molecule has 0 saturated carbocycles. The number of aliphatic hydroxyl groups is 1. The zero-order valence-electron chi connectivity index (χ0n) is 10.7. The first-order valence-corrected chi connectivity index (χ1v) is 5.52. The Kier molecular flexibility index (Phi) is 5.28. The molecule has 0 aromatic heterocycles. The molecular formula is C12H16N2O5. The molecule has 7 heteroatoms. The average molecular weight is 268 g/mol. The fraction of sp³-hybridized carbons (Fsp3) is 0.333. The van der Waals surface area contributed by atoms with Crippen molar-refractivity contribution >= 4 is 11.8 Å². The highest BCUT2D eigenvalue weighted by Gasteiger charge is 2.24. The molecule has 19 heavy (non-hydrogen) atoms. The molecule has 1 aromatic carbocycles. The van der Waals surface area contributed by atoms with Gasteiger partial charge in [0, 0.05) is 7.05 Å². The number of hydrogen-bond acceptors (Lipinski definition) is 5. The number of likely N-dealkylation sites (N-methyl/N-ethyl adjacent to an activating group) is 1. The maximum Gasteiger partial charge on any atom is 0.270 e. The van der Waals surface area contributed by atoms with Crippen LogP contribution < -0.4 is 5.32 Å². The Balaban J connectivity index is 2.80. The minimum absolute atomic E-state index is 0.0221. The molecule has 0 aliphatic heterocycles. The molecule has 0 aliphatic rings. The predicted molar refractivity (Wildman–Crippen MR) is 66.2 cm³/mol. The fourth-order valence-corrected chi connectivity index (χ4v) is 1.40. The number of phenols is 1. The molecule has 0 fully saturated rings. The summed E-state index contributed by atoms with van der Waals surface area (Å²) in [5, 5.41) is 21.9. The van der Waals surface area contributed by atoms with Gasteiger partial charge in [0.25, 0.3) is 11.8 Å². The van der Waals surface area contributed by atoms with Crippen LogP contribution in [0.4, 0.5) is 0 Å². The van der Waals surface area contributed by atoms with Crippen LogP contribution in [0, 0.1) is 0 Å². The van der Waals surface area contributed by atoms with Crippen molar-refractivity contribution in [2.45, 2.75) is 6.04 Å². The summed E-state index contributed by atoms with van der Waals surface area (Å²) in [6.07, 6.45) is 0. The smallest absolute Gasteiger partial charge is 0.270 e. The second-order valence-electron chi connectivity index (χ2n) is 3.74. The van der Waals surface area contributed by atoms with Crippen molar-refractivity contribution in [2.75, 3.05) is 20.8 Å². The average Bonchev–Trinajstić information content (AvgIpc) is 2.43. The van der Waals surface area contributed by atoms with Gasteiger partial charge < -0.3 is 15.5 Å². The van der Waals surface area contributed by atoms with Crippen molar-refractivity contribution in [3.63, 3.8) is 0 Å². The molecule has 1 aromatic rings. The molecule has 0 unspecified atom stereocenters. The van der Waals surface area contributed by atoms with E-state index >= 15 is 0 Å². The molecule has 1 atom stereocenters.